The van der Waals surface area contributed by atoms with E-state index in [-0.39, 0.29) is 18.2 Å². The summed E-state index contributed by atoms with van der Waals surface area (Å²) in [5.74, 6) is -0.457. The third kappa shape index (κ3) is 3.09. The van der Waals surface area contributed by atoms with E-state index < -0.39 is 12.0 Å². The van der Waals surface area contributed by atoms with Crippen molar-refractivity contribution in [1.82, 2.24) is 5.32 Å². The van der Waals surface area contributed by atoms with Crippen molar-refractivity contribution in [3.8, 4) is 0 Å². The summed E-state index contributed by atoms with van der Waals surface area (Å²) in [4.78, 5) is 22.7. The lowest BCUT2D eigenvalue weighted by molar-refractivity contribution is -0.137. The van der Waals surface area contributed by atoms with Crippen LogP contribution in [0.25, 0.3) is 0 Å². The lowest BCUT2D eigenvalue weighted by Crippen LogP contribution is -2.31. The van der Waals surface area contributed by atoms with E-state index in [9.17, 15) is 9.59 Å². The van der Waals surface area contributed by atoms with Crippen molar-refractivity contribution in [1.29, 1.82) is 0 Å². The van der Waals surface area contributed by atoms with Gasteiger partial charge in [-0.15, -0.1) is 0 Å². The summed E-state index contributed by atoms with van der Waals surface area (Å²) in [5.41, 5.74) is 0.835. The molecule has 18 heavy (non-hydrogen) atoms. The molecule has 2 rings (SSSR count). The Morgan fingerprint density at radius 1 is 1.39 bits per heavy atom. The van der Waals surface area contributed by atoms with Crippen LogP contribution in [0.3, 0.4) is 0 Å². The second-order valence-electron chi connectivity index (χ2n) is 4.89. The minimum Gasteiger partial charge on any atom is -0.481 e. The van der Waals surface area contributed by atoms with Crippen molar-refractivity contribution >= 4 is 11.9 Å². The van der Waals surface area contributed by atoms with Crippen LogP contribution >= 0.6 is 0 Å². The van der Waals surface area contributed by atoms with Crippen molar-refractivity contribution in [2.45, 2.75) is 25.8 Å². The standard InChI is InChI=1S/C14H17NO3/c1-9-7-11(9)14(18)15-12(8-13(16)17)10-5-3-2-4-6-10/h2-6,9,11-12H,7-8H2,1H3,(H,15,18)(H,16,17)/t9-,11+,12-/m0/s1. The number of nitrogens with one attached hydrogen (secondary N) is 1. The normalized spacial score (nSPS) is 23.2. The molecule has 0 heterocycles. The number of amides is 1. The third-order valence-electron chi connectivity index (χ3n) is 3.34. The van der Waals surface area contributed by atoms with Crippen LogP contribution in [-0.4, -0.2) is 17.0 Å². The minimum atomic E-state index is -0.909. The van der Waals surface area contributed by atoms with E-state index in [1.54, 1.807) is 0 Å². The van der Waals surface area contributed by atoms with Gasteiger partial charge in [-0.1, -0.05) is 37.3 Å². The van der Waals surface area contributed by atoms with Crippen molar-refractivity contribution in [3.63, 3.8) is 0 Å². The molecule has 1 aromatic rings. The van der Waals surface area contributed by atoms with E-state index in [0.29, 0.717) is 5.92 Å². The Hall–Kier alpha value is -1.84. The summed E-state index contributed by atoms with van der Waals surface area (Å²) in [6.07, 6.45) is 0.817. The van der Waals surface area contributed by atoms with Gasteiger partial charge in [-0.25, -0.2) is 0 Å². The molecule has 1 aliphatic carbocycles. The highest BCUT2D eigenvalue weighted by atomic mass is 16.4. The van der Waals surface area contributed by atoms with E-state index in [4.69, 9.17) is 5.11 Å². The van der Waals surface area contributed by atoms with Crippen LogP contribution in [0.2, 0.25) is 0 Å². The molecule has 1 aromatic carbocycles. The summed E-state index contributed by atoms with van der Waals surface area (Å²) in [6.45, 7) is 2.03. The quantitative estimate of drug-likeness (QED) is 0.836. The van der Waals surface area contributed by atoms with Gasteiger partial charge in [0.25, 0.3) is 0 Å². The molecule has 3 atom stereocenters. The molecular weight excluding hydrogens is 230 g/mol. The first-order valence-electron chi connectivity index (χ1n) is 6.15. The van der Waals surface area contributed by atoms with Gasteiger partial charge in [0, 0.05) is 5.92 Å². The topological polar surface area (TPSA) is 66.4 Å². The maximum atomic E-state index is 11.9. The van der Waals surface area contributed by atoms with Crippen LogP contribution in [-0.2, 0) is 9.59 Å². The van der Waals surface area contributed by atoms with Crippen LogP contribution in [0.1, 0.15) is 31.4 Å². The molecule has 0 saturated heterocycles. The molecule has 96 valence electrons. The van der Waals surface area contributed by atoms with Gasteiger partial charge >= 0.3 is 5.97 Å². The number of carboxylic acid groups (broad SMARTS) is 1. The molecule has 0 aromatic heterocycles. The van der Waals surface area contributed by atoms with Crippen molar-refractivity contribution in [2.75, 3.05) is 0 Å². The van der Waals surface area contributed by atoms with Crippen molar-refractivity contribution in [2.24, 2.45) is 11.8 Å². The predicted molar refractivity (Wildman–Crippen MR) is 66.8 cm³/mol. The van der Waals surface area contributed by atoms with Gasteiger partial charge in [0.15, 0.2) is 0 Å². The third-order valence-corrected chi connectivity index (χ3v) is 3.34. The summed E-state index contributed by atoms with van der Waals surface area (Å²) in [7, 11) is 0. The number of rotatable bonds is 5. The Bertz CT molecular complexity index is 444. The second-order valence-corrected chi connectivity index (χ2v) is 4.89. The zero-order valence-corrected chi connectivity index (χ0v) is 10.3. The highest BCUT2D eigenvalue weighted by molar-refractivity contribution is 5.82. The molecule has 4 nitrogen and oxygen atoms in total. The van der Waals surface area contributed by atoms with Gasteiger partial charge < -0.3 is 10.4 Å². The minimum absolute atomic E-state index is 0.0300. The molecule has 0 unspecified atom stereocenters. The number of carboxylic acids is 1. The van der Waals surface area contributed by atoms with Gasteiger partial charge in [-0.2, -0.15) is 0 Å². The molecule has 1 amide bonds. The molecular formula is C14H17NO3. The maximum absolute atomic E-state index is 11.9. The van der Waals surface area contributed by atoms with Gasteiger partial charge in [0.1, 0.15) is 0 Å². The van der Waals surface area contributed by atoms with Crippen LogP contribution in [0, 0.1) is 11.8 Å². The van der Waals surface area contributed by atoms with E-state index in [2.05, 4.69) is 5.32 Å². The number of carbonyl (C=O) groups excluding carboxylic acids is 1. The van der Waals surface area contributed by atoms with E-state index >= 15 is 0 Å². The number of hydrogen-bond donors (Lipinski definition) is 2. The first-order chi connectivity index (χ1) is 8.58. The maximum Gasteiger partial charge on any atom is 0.305 e. The average molecular weight is 247 g/mol. The molecule has 0 bridgehead atoms. The molecule has 1 fully saturated rings. The molecule has 2 N–H and O–H groups in total. The summed E-state index contributed by atoms with van der Waals surface area (Å²) < 4.78 is 0. The molecule has 0 spiro atoms. The number of benzene rings is 1. The lowest BCUT2D eigenvalue weighted by Gasteiger charge is -2.17. The van der Waals surface area contributed by atoms with Crippen LogP contribution in [0.4, 0.5) is 0 Å². The largest absolute Gasteiger partial charge is 0.481 e. The summed E-state index contributed by atoms with van der Waals surface area (Å²) in [5, 5.41) is 11.8. The highest BCUT2D eigenvalue weighted by Gasteiger charge is 2.39. The second kappa shape index (κ2) is 5.21. The number of aliphatic carboxylic acids is 1. The Balaban J connectivity index is 2.05. The fourth-order valence-corrected chi connectivity index (χ4v) is 2.08. The first kappa shape index (κ1) is 12.6. The predicted octanol–water partition coefficient (Wildman–Crippen LogP) is 1.97. The fourth-order valence-electron chi connectivity index (χ4n) is 2.08. The molecule has 1 saturated carbocycles. The average Bonchev–Trinajstić information content (AvgIpc) is 3.06. The molecule has 4 heteroatoms. The zero-order chi connectivity index (χ0) is 13.1. The molecule has 0 radical (unpaired) electrons. The van der Waals surface area contributed by atoms with Gasteiger partial charge in [-0.3, -0.25) is 9.59 Å². The Kier molecular flexibility index (Phi) is 3.65. The first-order valence-corrected chi connectivity index (χ1v) is 6.15. The zero-order valence-electron chi connectivity index (χ0n) is 10.3. The highest BCUT2D eigenvalue weighted by Crippen LogP contribution is 2.38. The lowest BCUT2D eigenvalue weighted by atomic mass is 10.0. The number of hydrogen-bond acceptors (Lipinski definition) is 2. The van der Waals surface area contributed by atoms with Gasteiger partial charge in [-0.05, 0) is 17.9 Å². The number of carbonyl (C=O) groups is 2. The van der Waals surface area contributed by atoms with Crippen LogP contribution in [0.15, 0.2) is 30.3 Å². The SMILES string of the molecule is C[C@H]1C[C@H]1C(=O)N[C@@H](CC(=O)O)c1ccccc1. The van der Waals surface area contributed by atoms with Crippen LogP contribution in [0.5, 0.6) is 0 Å². The van der Waals surface area contributed by atoms with Gasteiger partial charge in [0.2, 0.25) is 5.91 Å². The monoisotopic (exact) mass is 247 g/mol. The van der Waals surface area contributed by atoms with E-state index in [1.165, 1.54) is 0 Å². The molecule has 1 aliphatic rings. The smallest absolute Gasteiger partial charge is 0.305 e. The summed E-state index contributed by atoms with van der Waals surface area (Å²) in [6, 6.07) is 8.79. The fraction of sp³-hybridized carbons (Fsp3) is 0.429. The van der Waals surface area contributed by atoms with E-state index in [0.717, 1.165) is 12.0 Å². The summed E-state index contributed by atoms with van der Waals surface area (Å²) >= 11 is 0. The molecule has 0 aliphatic heterocycles. The Morgan fingerprint density at radius 2 is 2.00 bits per heavy atom. The van der Waals surface area contributed by atoms with Crippen LogP contribution < -0.4 is 5.32 Å². The van der Waals surface area contributed by atoms with E-state index in [1.807, 2.05) is 37.3 Å². The Labute approximate surface area is 106 Å². The van der Waals surface area contributed by atoms with Crippen molar-refractivity contribution < 1.29 is 14.7 Å². The Morgan fingerprint density at radius 3 is 2.50 bits per heavy atom. The van der Waals surface area contributed by atoms with Crippen molar-refractivity contribution in [3.05, 3.63) is 35.9 Å². The van der Waals surface area contributed by atoms with Gasteiger partial charge in [0.05, 0.1) is 12.5 Å².